The summed E-state index contributed by atoms with van der Waals surface area (Å²) in [6, 6.07) is 0. The van der Waals surface area contributed by atoms with Crippen LogP contribution in [-0.2, 0) is 0 Å². The van der Waals surface area contributed by atoms with Gasteiger partial charge in [-0.1, -0.05) is 19.8 Å². The van der Waals surface area contributed by atoms with Gasteiger partial charge in [0.25, 0.3) is 0 Å². The predicted molar refractivity (Wildman–Crippen MR) is 53.3 cm³/mol. The Bertz CT molecular complexity index is 253. The van der Waals surface area contributed by atoms with Crippen LogP contribution < -0.4 is 0 Å². The van der Waals surface area contributed by atoms with E-state index in [0.717, 1.165) is 11.3 Å². The van der Waals surface area contributed by atoms with Gasteiger partial charge in [0.05, 0.1) is 0 Å². The largest absolute Gasteiger partial charge is 0.0619 e. The Morgan fingerprint density at radius 2 is 2.00 bits per heavy atom. The van der Waals surface area contributed by atoms with Crippen LogP contribution in [0.15, 0.2) is 0 Å². The van der Waals surface area contributed by atoms with Gasteiger partial charge in [0.1, 0.15) is 0 Å². The molecule has 13 heavy (non-hydrogen) atoms. The van der Waals surface area contributed by atoms with Crippen molar-refractivity contribution in [1.29, 1.82) is 0 Å². The summed E-state index contributed by atoms with van der Waals surface area (Å²) in [7, 11) is 0. The zero-order valence-electron chi connectivity index (χ0n) is 8.63. The van der Waals surface area contributed by atoms with Crippen molar-refractivity contribution < 1.29 is 0 Å². The molecule has 0 saturated heterocycles. The third kappa shape index (κ3) is 0.831. The van der Waals surface area contributed by atoms with E-state index in [1.54, 1.807) is 38.5 Å². The van der Waals surface area contributed by atoms with Crippen LogP contribution in [0.1, 0.15) is 45.4 Å². The zero-order valence-corrected chi connectivity index (χ0v) is 8.63. The second kappa shape index (κ2) is 1.99. The van der Waals surface area contributed by atoms with E-state index in [1.165, 1.54) is 23.7 Å². The molecule has 0 aromatic heterocycles. The van der Waals surface area contributed by atoms with E-state index >= 15 is 0 Å². The van der Waals surface area contributed by atoms with Crippen molar-refractivity contribution in [3.63, 3.8) is 0 Å². The first-order valence-electron chi connectivity index (χ1n) is 6.30. The molecule has 0 aromatic carbocycles. The number of rotatable bonds is 2. The van der Waals surface area contributed by atoms with Crippen LogP contribution in [-0.4, -0.2) is 0 Å². The Kier molecular flexibility index (Phi) is 1.12. The van der Waals surface area contributed by atoms with Gasteiger partial charge in [-0.3, -0.25) is 0 Å². The van der Waals surface area contributed by atoms with Crippen LogP contribution >= 0.6 is 0 Å². The van der Waals surface area contributed by atoms with E-state index in [0.29, 0.717) is 0 Å². The molecule has 4 rings (SSSR count). The fraction of sp³-hybridized carbons (Fsp3) is 1.00. The summed E-state index contributed by atoms with van der Waals surface area (Å²) in [5.74, 6) is 5.87. The molecule has 0 bridgehead atoms. The lowest BCUT2D eigenvalue weighted by atomic mass is 9.82. The van der Waals surface area contributed by atoms with Crippen molar-refractivity contribution in [3.05, 3.63) is 0 Å². The Balaban J connectivity index is 1.57. The van der Waals surface area contributed by atoms with Crippen LogP contribution in [0, 0.1) is 35.0 Å². The second-order valence-electron chi connectivity index (χ2n) is 6.43. The Hall–Kier alpha value is 0. The Morgan fingerprint density at radius 3 is 2.62 bits per heavy atom. The topological polar surface area (TPSA) is 0 Å². The van der Waals surface area contributed by atoms with Gasteiger partial charge < -0.3 is 0 Å². The highest BCUT2D eigenvalue weighted by Gasteiger charge is 2.71. The van der Waals surface area contributed by atoms with Crippen molar-refractivity contribution in [2.45, 2.75) is 45.4 Å². The van der Waals surface area contributed by atoms with Gasteiger partial charge in [0.15, 0.2) is 0 Å². The Morgan fingerprint density at radius 1 is 1.23 bits per heavy atom. The SMILES string of the molecule is CC1C[C@]12C(CC1CC1)CC1CC12. The molecular weight excluding hydrogens is 156 g/mol. The highest BCUT2D eigenvalue weighted by Crippen LogP contribution is 2.79. The monoisotopic (exact) mass is 176 g/mol. The maximum atomic E-state index is 2.51. The second-order valence-corrected chi connectivity index (χ2v) is 6.43. The molecule has 0 aromatic rings. The summed E-state index contributed by atoms with van der Waals surface area (Å²) in [5, 5.41) is 0. The number of fused-ring (bicyclic) bond motifs is 2. The summed E-state index contributed by atoms with van der Waals surface area (Å²) < 4.78 is 0. The molecule has 0 radical (unpaired) electrons. The van der Waals surface area contributed by atoms with E-state index < -0.39 is 0 Å². The van der Waals surface area contributed by atoms with Gasteiger partial charge in [0, 0.05) is 0 Å². The molecule has 4 saturated carbocycles. The van der Waals surface area contributed by atoms with Crippen molar-refractivity contribution in [1.82, 2.24) is 0 Å². The maximum absolute atomic E-state index is 2.51. The van der Waals surface area contributed by atoms with E-state index in [1.807, 2.05) is 0 Å². The van der Waals surface area contributed by atoms with Crippen LogP contribution in [0.4, 0.5) is 0 Å². The van der Waals surface area contributed by atoms with E-state index in [4.69, 9.17) is 0 Å². The zero-order chi connectivity index (χ0) is 8.63. The molecule has 0 N–H and O–H groups in total. The van der Waals surface area contributed by atoms with E-state index in [2.05, 4.69) is 6.92 Å². The Labute approximate surface area is 81.1 Å². The summed E-state index contributed by atoms with van der Waals surface area (Å²) in [6.07, 6.45) is 9.60. The third-order valence-electron chi connectivity index (χ3n) is 5.69. The molecule has 0 aliphatic heterocycles. The van der Waals surface area contributed by atoms with Gasteiger partial charge in [0.2, 0.25) is 0 Å². The van der Waals surface area contributed by atoms with Crippen LogP contribution in [0.5, 0.6) is 0 Å². The van der Waals surface area contributed by atoms with Gasteiger partial charge in [-0.05, 0) is 60.7 Å². The van der Waals surface area contributed by atoms with Crippen LogP contribution in [0.2, 0.25) is 0 Å². The fourth-order valence-electron chi connectivity index (χ4n) is 4.68. The minimum atomic E-state index is 0.924. The molecule has 0 nitrogen and oxygen atoms in total. The maximum Gasteiger partial charge on any atom is -0.0209 e. The minimum Gasteiger partial charge on any atom is -0.0619 e. The van der Waals surface area contributed by atoms with E-state index in [-0.39, 0.29) is 0 Å². The first-order valence-corrected chi connectivity index (χ1v) is 6.30. The standard InChI is InChI=1S/C13H20/c1-8-7-13(8)11(4-9-2-3-9)5-10-6-12(10)13/h8-12H,2-7H2,1H3/t8?,10?,11?,12?,13-/m1/s1. The molecule has 4 unspecified atom stereocenters. The molecule has 1 spiro atoms. The first-order chi connectivity index (χ1) is 6.30. The minimum absolute atomic E-state index is 0.924. The molecular formula is C13H20. The quantitative estimate of drug-likeness (QED) is 0.604. The molecule has 4 aliphatic carbocycles. The molecule has 0 amide bonds. The highest BCUT2D eigenvalue weighted by molar-refractivity contribution is 5.20. The molecule has 4 aliphatic rings. The van der Waals surface area contributed by atoms with Crippen LogP contribution in [0.3, 0.4) is 0 Å². The summed E-state index contributed by atoms with van der Waals surface area (Å²) in [4.78, 5) is 0. The smallest absolute Gasteiger partial charge is 0.0209 e. The third-order valence-corrected chi connectivity index (χ3v) is 5.69. The number of hydrogen-bond donors (Lipinski definition) is 0. The van der Waals surface area contributed by atoms with Crippen molar-refractivity contribution in [3.8, 4) is 0 Å². The van der Waals surface area contributed by atoms with Crippen LogP contribution in [0.25, 0.3) is 0 Å². The molecule has 0 heterocycles. The van der Waals surface area contributed by atoms with Crippen molar-refractivity contribution in [2.75, 3.05) is 0 Å². The summed E-state index contributed by atoms with van der Waals surface area (Å²) in [5.41, 5.74) is 0.924. The van der Waals surface area contributed by atoms with Crippen molar-refractivity contribution >= 4 is 0 Å². The van der Waals surface area contributed by atoms with Gasteiger partial charge in [-0.2, -0.15) is 0 Å². The average molecular weight is 176 g/mol. The first kappa shape index (κ1) is 7.31. The summed E-state index contributed by atoms with van der Waals surface area (Å²) in [6.45, 7) is 2.51. The molecule has 4 fully saturated rings. The molecule has 0 heteroatoms. The van der Waals surface area contributed by atoms with E-state index in [9.17, 15) is 0 Å². The summed E-state index contributed by atoms with van der Waals surface area (Å²) >= 11 is 0. The highest BCUT2D eigenvalue weighted by atomic mass is 14.8. The van der Waals surface area contributed by atoms with Gasteiger partial charge in [-0.25, -0.2) is 0 Å². The average Bonchev–Trinajstić information content (AvgIpc) is 2.85. The molecule has 5 atom stereocenters. The lowest BCUT2D eigenvalue weighted by Crippen LogP contribution is -2.16. The molecule has 72 valence electrons. The predicted octanol–water partition coefficient (Wildman–Crippen LogP) is 3.47. The lowest BCUT2D eigenvalue weighted by Gasteiger charge is -2.22. The lowest BCUT2D eigenvalue weighted by molar-refractivity contribution is 0.259. The van der Waals surface area contributed by atoms with Gasteiger partial charge in [-0.15, -0.1) is 0 Å². The van der Waals surface area contributed by atoms with Crippen molar-refractivity contribution in [2.24, 2.45) is 35.0 Å². The number of hydrogen-bond acceptors (Lipinski definition) is 0. The fourth-order valence-corrected chi connectivity index (χ4v) is 4.68. The van der Waals surface area contributed by atoms with Gasteiger partial charge >= 0.3 is 0 Å². The normalized spacial score (nSPS) is 62.5.